The van der Waals surface area contributed by atoms with Crippen LogP contribution in [0.25, 0.3) is 4.85 Å². The van der Waals surface area contributed by atoms with Gasteiger partial charge in [0.15, 0.2) is 0 Å². The monoisotopic (exact) mass is 173 g/mol. The summed E-state index contributed by atoms with van der Waals surface area (Å²) in [7, 11) is 0. The van der Waals surface area contributed by atoms with E-state index in [1.165, 1.54) is 12.1 Å². The number of hydrogen-bond acceptors (Lipinski definition) is 3. The Kier molecular flexibility index (Phi) is 2.23. The molecular formula is C8H3N3O2. The minimum absolute atomic E-state index is 0.0317. The lowest BCUT2D eigenvalue weighted by atomic mass is 10.2. The van der Waals surface area contributed by atoms with Gasteiger partial charge in [-0.05, 0) is 6.07 Å². The Labute approximate surface area is 73.8 Å². The molecule has 62 valence electrons. The van der Waals surface area contributed by atoms with E-state index >= 15 is 0 Å². The number of nitro benzene ring substituents is 1. The maximum Gasteiger partial charge on any atom is 0.268 e. The number of non-ortho nitro benzene ring substituents is 1. The first kappa shape index (κ1) is 8.69. The first-order valence-corrected chi connectivity index (χ1v) is 3.25. The summed E-state index contributed by atoms with van der Waals surface area (Å²) in [5, 5.41) is 18.8. The molecule has 1 aromatic carbocycles. The fraction of sp³-hybridized carbons (Fsp3) is 0. The van der Waals surface area contributed by atoms with Crippen molar-refractivity contribution in [2.24, 2.45) is 0 Å². The fourth-order valence-electron chi connectivity index (χ4n) is 0.825. The van der Waals surface area contributed by atoms with Crippen molar-refractivity contribution in [1.29, 1.82) is 5.26 Å². The Morgan fingerprint density at radius 3 is 2.77 bits per heavy atom. The van der Waals surface area contributed by atoms with Gasteiger partial charge in [-0.1, -0.05) is 0 Å². The Hall–Kier alpha value is -2.40. The fourth-order valence-corrected chi connectivity index (χ4v) is 0.825. The molecule has 0 unspecified atom stereocenters. The highest BCUT2D eigenvalue weighted by Crippen LogP contribution is 2.23. The first-order valence-electron chi connectivity index (χ1n) is 3.25. The quantitative estimate of drug-likeness (QED) is 0.370. The molecule has 5 heteroatoms. The van der Waals surface area contributed by atoms with Gasteiger partial charge in [-0.3, -0.25) is 10.1 Å². The molecule has 0 atom stereocenters. The summed E-state index contributed by atoms with van der Waals surface area (Å²) in [6.07, 6.45) is 0. The van der Waals surface area contributed by atoms with Crippen LogP contribution in [-0.2, 0) is 0 Å². The molecule has 0 spiro atoms. The van der Waals surface area contributed by atoms with Gasteiger partial charge < -0.3 is 0 Å². The zero-order valence-corrected chi connectivity index (χ0v) is 6.39. The third-order valence-electron chi connectivity index (χ3n) is 1.43. The van der Waals surface area contributed by atoms with Gasteiger partial charge >= 0.3 is 0 Å². The number of nitriles is 1. The Balaban J connectivity index is 3.33. The summed E-state index contributed by atoms with van der Waals surface area (Å²) < 4.78 is 0. The summed E-state index contributed by atoms with van der Waals surface area (Å²) in [5.41, 5.74) is -0.0127. The Morgan fingerprint density at radius 2 is 2.31 bits per heavy atom. The molecule has 0 amide bonds. The van der Waals surface area contributed by atoms with Gasteiger partial charge in [0.1, 0.15) is 0 Å². The molecule has 0 heterocycles. The van der Waals surface area contributed by atoms with Crippen molar-refractivity contribution in [2.75, 3.05) is 0 Å². The maximum atomic E-state index is 10.3. The molecule has 0 N–H and O–H groups in total. The minimum atomic E-state index is -0.603. The maximum absolute atomic E-state index is 10.3. The van der Waals surface area contributed by atoms with Crippen molar-refractivity contribution < 1.29 is 4.92 Å². The molecule has 0 aliphatic carbocycles. The van der Waals surface area contributed by atoms with Crippen molar-refractivity contribution >= 4 is 11.4 Å². The predicted molar refractivity (Wildman–Crippen MR) is 44.1 cm³/mol. The van der Waals surface area contributed by atoms with Crippen LogP contribution in [-0.4, -0.2) is 4.92 Å². The second-order valence-corrected chi connectivity index (χ2v) is 2.18. The van der Waals surface area contributed by atoms with Crippen LogP contribution in [0.2, 0.25) is 0 Å². The van der Waals surface area contributed by atoms with Gasteiger partial charge in [0, 0.05) is 12.1 Å². The van der Waals surface area contributed by atoms with Gasteiger partial charge in [-0.15, -0.1) is 0 Å². The molecule has 0 aromatic heterocycles. The normalized spacial score (nSPS) is 8.46. The van der Waals surface area contributed by atoms with Crippen LogP contribution in [0.15, 0.2) is 18.2 Å². The highest BCUT2D eigenvalue weighted by Gasteiger charge is 2.09. The number of nitro groups is 1. The molecule has 0 saturated carbocycles. The number of hydrogen-bond donors (Lipinski definition) is 0. The SMILES string of the molecule is [C-]#[N+]c1ccc([N+](=O)[O-])cc1C#N. The van der Waals surface area contributed by atoms with Crippen LogP contribution in [0, 0.1) is 28.0 Å². The topological polar surface area (TPSA) is 71.3 Å². The van der Waals surface area contributed by atoms with E-state index in [1.807, 2.05) is 0 Å². The van der Waals surface area contributed by atoms with Gasteiger partial charge in [0.2, 0.25) is 5.69 Å². The molecule has 0 radical (unpaired) electrons. The largest absolute Gasteiger partial charge is 0.268 e. The molecule has 5 nitrogen and oxygen atoms in total. The van der Waals surface area contributed by atoms with E-state index in [0.717, 1.165) is 6.07 Å². The lowest BCUT2D eigenvalue weighted by Crippen LogP contribution is -1.88. The van der Waals surface area contributed by atoms with Crippen LogP contribution in [0.1, 0.15) is 5.56 Å². The summed E-state index contributed by atoms with van der Waals surface area (Å²) >= 11 is 0. The first-order chi connectivity index (χ1) is 6.19. The molecule has 0 bridgehead atoms. The zero-order valence-electron chi connectivity index (χ0n) is 6.39. The molecule has 0 fully saturated rings. The van der Waals surface area contributed by atoms with Gasteiger partial charge in [0.05, 0.1) is 23.1 Å². The number of rotatable bonds is 1. The zero-order chi connectivity index (χ0) is 9.84. The highest BCUT2D eigenvalue weighted by atomic mass is 16.6. The van der Waals surface area contributed by atoms with E-state index in [2.05, 4.69) is 4.85 Å². The van der Waals surface area contributed by atoms with Crippen molar-refractivity contribution in [2.45, 2.75) is 0 Å². The van der Waals surface area contributed by atoms with E-state index in [9.17, 15) is 10.1 Å². The number of nitrogens with zero attached hydrogens (tertiary/aromatic N) is 3. The van der Waals surface area contributed by atoms with E-state index in [-0.39, 0.29) is 16.9 Å². The average molecular weight is 173 g/mol. The highest BCUT2D eigenvalue weighted by molar-refractivity contribution is 5.61. The summed E-state index contributed by atoms with van der Waals surface area (Å²) in [6.45, 7) is 6.67. The molecule has 0 aliphatic rings. The van der Waals surface area contributed by atoms with Crippen molar-refractivity contribution in [3.05, 3.63) is 45.3 Å². The molecule has 13 heavy (non-hydrogen) atoms. The predicted octanol–water partition coefficient (Wildman–Crippen LogP) is 2.02. The third-order valence-corrected chi connectivity index (χ3v) is 1.43. The molecule has 1 aromatic rings. The summed E-state index contributed by atoms with van der Waals surface area (Å²) in [6, 6.07) is 5.28. The minimum Gasteiger partial charge on any atom is -0.258 e. The van der Waals surface area contributed by atoms with Crippen molar-refractivity contribution in [3.8, 4) is 6.07 Å². The van der Waals surface area contributed by atoms with Crippen LogP contribution < -0.4 is 0 Å². The summed E-state index contributed by atoms with van der Waals surface area (Å²) in [4.78, 5) is 12.7. The van der Waals surface area contributed by atoms with E-state index < -0.39 is 4.92 Å². The second kappa shape index (κ2) is 3.33. The lowest BCUT2D eigenvalue weighted by molar-refractivity contribution is -0.384. The molecule has 1 rings (SSSR count). The van der Waals surface area contributed by atoms with Crippen molar-refractivity contribution in [1.82, 2.24) is 0 Å². The van der Waals surface area contributed by atoms with Crippen LogP contribution >= 0.6 is 0 Å². The van der Waals surface area contributed by atoms with Crippen LogP contribution in [0.4, 0.5) is 11.4 Å². The van der Waals surface area contributed by atoms with Gasteiger partial charge in [-0.25, -0.2) is 4.85 Å². The van der Waals surface area contributed by atoms with E-state index in [4.69, 9.17) is 11.8 Å². The molecule has 0 saturated heterocycles. The van der Waals surface area contributed by atoms with Gasteiger partial charge in [-0.2, -0.15) is 5.26 Å². The average Bonchev–Trinajstić information content (AvgIpc) is 2.16. The van der Waals surface area contributed by atoms with E-state index in [0.29, 0.717) is 0 Å². The van der Waals surface area contributed by atoms with E-state index in [1.54, 1.807) is 6.07 Å². The standard InChI is InChI=1S/C8H3N3O2/c1-10-8-3-2-7(11(12)13)4-6(8)5-9/h2-4H. The van der Waals surface area contributed by atoms with Crippen LogP contribution in [0.3, 0.4) is 0 Å². The molecule has 0 aliphatic heterocycles. The Morgan fingerprint density at radius 1 is 1.62 bits per heavy atom. The summed E-state index contributed by atoms with van der Waals surface area (Å²) in [5.74, 6) is 0. The lowest BCUT2D eigenvalue weighted by Gasteiger charge is -1.93. The number of benzene rings is 1. The van der Waals surface area contributed by atoms with Crippen LogP contribution in [0.5, 0.6) is 0 Å². The molecular weight excluding hydrogens is 170 g/mol. The van der Waals surface area contributed by atoms with Gasteiger partial charge in [0.25, 0.3) is 5.69 Å². The van der Waals surface area contributed by atoms with Crippen molar-refractivity contribution in [3.63, 3.8) is 0 Å². The third kappa shape index (κ3) is 1.60. The smallest absolute Gasteiger partial charge is 0.258 e. The Bertz CT molecular complexity index is 440. The second-order valence-electron chi connectivity index (χ2n) is 2.18.